The van der Waals surface area contributed by atoms with E-state index in [1.54, 1.807) is 28.9 Å². The Morgan fingerprint density at radius 2 is 1.27 bits per heavy atom. The lowest BCUT2D eigenvalue weighted by atomic mass is 9.74. The van der Waals surface area contributed by atoms with E-state index in [0.717, 1.165) is 99.7 Å². The molecule has 630 valence electrons. The lowest BCUT2D eigenvalue weighted by Gasteiger charge is -2.30. The third-order valence-electron chi connectivity index (χ3n) is 19.1. The Hall–Kier alpha value is -11.2. The van der Waals surface area contributed by atoms with Crippen LogP contribution in [0.4, 0.5) is 22.7 Å². The molecule has 15 rings (SSSR count). The number of carbonyl (C=O) groups is 3. The monoisotopic (exact) mass is 1790 g/mol. The van der Waals surface area contributed by atoms with Gasteiger partial charge in [-0.15, -0.1) is 45.0 Å². The van der Waals surface area contributed by atoms with Crippen LogP contribution in [-0.2, 0) is 29.6 Å². The summed E-state index contributed by atoms with van der Waals surface area (Å²) in [5.41, 5.74) is 42.1. The number of Topliss-reactive ketones (excluding diaryl/α,β-unsaturated/α-hetero) is 1. The number of rotatable bonds is 15. The number of hydrazone groups is 4. The fraction of sp³-hybridized carbons (Fsp3) is 0.282. The summed E-state index contributed by atoms with van der Waals surface area (Å²) in [6.07, 6.45) is 20.1. The van der Waals surface area contributed by atoms with E-state index in [0.29, 0.717) is 45.3 Å². The predicted octanol–water partition coefficient (Wildman–Crippen LogP) is 16.5. The summed E-state index contributed by atoms with van der Waals surface area (Å²) in [5.74, 6) is 1.15. The van der Waals surface area contributed by atoms with Crippen LogP contribution in [0.25, 0.3) is 26.8 Å². The number of aryl methyl sites for hydroxylation is 2. The van der Waals surface area contributed by atoms with Gasteiger partial charge in [-0.05, 0) is 228 Å². The molecule has 27 nitrogen and oxygen atoms in total. The van der Waals surface area contributed by atoms with Crippen molar-refractivity contribution in [3.05, 3.63) is 221 Å². The highest BCUT2D eigenvalue weighted by molar-refractivity contribution is 8.01. The van der Waals surface area contributed by atoms with Gasteiger partial charge >= 0.3 is 0 Å². The molecular weight excluding hydrogens is 1700 g/mol. The molecular formula is C85H97N23O4S9. The highest BCUT2D eigenvalue weighted by Crippen LogP contribution is 2.40. The van der Waals surface area contributed by atoms with Crippen LogP contribution in [0.2, 0.25) is 0 Å². The lowest BCUT2D eigenvalue weighted by Crippen LogP contribution is -2.41. The van der Waals surface area contributed by atoms with Crippen molar-refractivity contribution in [3.63, 3.8) is 0 Å². The van der Waals surface area contributed by atoms with Crippen molar-refractivity contribution in [2.24, 2.45) is 77.2 Å². The minimum Gasteiger partial charge on any atom is -0.493 e. The standard InChI is InChI=1S/C24H21N5O2S.C16H17N5OS.C14H19N3S.C13H14N4OS2.C10H17N3S.C8H9N3S3/c1-16-8-7-11-18(14-16)25-21(30)15-29-20-13-6-5-12-19(20)22(23(29)31)27-28-24(32)26-17-9-3-2-4-10-17;1-16(2)8-12-11(13(22)14(16)19-20-15(17)23)9-18-21(12)10-6-4-3-5-7-10;18-14(15-12-8-6-3-7-9-12)17-16-13-10-4-1-2-5-11-13;1-17-9-4-2-3-5-10(9)20-13(17)16-15-12(19)14-11(18)8-6-7-8;1-2-5-8-6-3-4-7-9(8)12-13-10(11)14;9-8(12)11-10-6-2-4-14-7-5(6)1-3-13-7/h2-14,31H,15H2,1H3,(H,25,30)(H,26,32);3-7,9H,8H2,1-2H3,(H3,17,20,23);3,6-9H,1-2,4-5,10-11H2,(H2,15,17,18);2-5,8H,6-7H2,1H3,(H2,14,15,18,19);2,8H,1,3-7H2,(H3,11,13,14);1,3H,2,4H2,(H3,9,11,12)/b;19-14-;;16-13+;12-9+;10-6-. The number of carbonyl (C=O) groups excluding carboxylic acids is 3. The molecule has 36 heteroatoms. The van der Waals surface area contributed by atoms with Crippen molar-refractivity contribution in [1.29, 1.82) is 0 Å². The summed E-state index contributed by atoms with van der Waals surface area (Å²) in [7, 11) is 1.95. The highest BCUT2D eigenvalue weighted by atomic mass is 32.2. The number of hydrogen-bond donors (Lipinski definition) is 13. The van der Waals surface area contributed by atoms with E-state index >= 15 is 0 Å². The van der Waals surface area contributed by atoms with Gasteiger partial charge in [-0.2, -0.15) is 25.5 Å². The Bertz CT molecular complexity index is 5560. The Kier molecular flexibility index (Phi) is 35.4. The molecule has 0 radical (unpaired) electrons. The number of aromatic hydroxyl groups is 1. The normalized spacial score (nSPS) is 16.1. The van der Waals surface area contributed by atoms with Crippen LogP contribution >= 0.6 is 108 Å². The predicted molar refractivity (Wildman–Crippen MR) is 517 cm³/mol. The maximum atomic E-state index is 12.8. The largest absolute Gasteiger partial charge is 0.493 e. The number of azo groups is 1. The van der Waals surface area contributed by atoms with Gasteiger partial charge in [-0.1, -0.05) is 148 Å². The number of nitrogens with two attached hydrogens (primary N) is 3. The molecule has 6 aromatic carbocycles. The van der Waals surface area contributed by atoms with Gasteiger partial charge < -0.3 is 52.7 Å². The number of thioether (sulfide) groups is 1. The van der Waals surface area contributed by atoms with E-state index in [1.807, 2.05) is 219 Å². The van der Waals surface area contributed by atoms with E-state index in [9.17, 15) is 19.5 Å². The molecule has 0 spiro atoms. The molecule has 4 aromatic heterocycles. The number of ketones is 1. The SMILES string of the molecule is C=CCC1CCCC/C1=N\NC(N)=S.CC1(C)Cc2c(cnn2-c2ccccc2)C(=O)/C1=N/NC(N)=S.Cc1cccc(NC(=O)Cn2c(O)c(N=NC(=S)Nc3ccccc3)c3ccccc32)c1.Cn1/c(=N\NC(=S)NC(=O)C2CC2)sc2ccccc21.NC(=S)N/N=C1/CCSc2sccc21.S=C(NN=C1CCCCCC1)Nc1ccccc1. The second kappa shape index (κ2) is 46.5. The van der Waals surface area contributed by atoms with Crippen LogP contribution in [0.15, 0.2) is 234 Å². The number of nitrogens with one attached hydrogen (secondary N) is 9. The van der Waals surface area contributed by atoms with Crippen molar-refractivity contribution < 1.29 is 19.5 Å². The quantitative estimate of drug-likeness (QED) is 0.0149. The van der Waals surface area contributed by atoms with Crippen molar-refractivity contribution in [3.8, 4) is 11.6 Å². The summed E-state index contributed by atoms with van der Waals surface area (Å²) in [6, 6.07) is 54.0. The van der Waals surface area contributed by atoms with Gasteiger partial charge in [0.25, 0.3) is 0 Å². The zero-order chi connectivity index (χ0) is 86.2. The van der Waals surface area contributed by atoms with Crippen LogP contribution in [0.1, 0.15) is 131 Å². The molecule has 2 amide bonds. The minimum absolute atomic E-state index is 0.0154. The average molecular weight is 1790 g/mol. The third-order valence-corrected chi connectivity index (χ3v) is 23.3. The average Bonchev–Trinajstić information content (AvgIpc) is 1.66. The summed E-state index contributed by atoms with van der Waals surface area (Å²) in [4.78, 5) is 37.8. The number of anilines is 3. The van der Waals surface area contributed by atoms with Crippen LogP contribution in [0, 0.1) is 24.2 Å². The number of allylic oxidation sites excluding steroid dienone is 1. The summed E-state index contributed by atoms with van der Waals surface area (Å²) in [6.45, 7) is 9.57. The number of benzene rings is 6. The topological polar surface area (TPSA) is 372 Å². The van der Waals surface area contributed by atoms with E-state index < -0.39 is 5.41 Å². The first kappa shape index (κ1) is 92.1. The van der Waals surface area contributed by atoms with Crippen LogP contribution in [0.3, 0.4) is 0 Å². The van der Waals surface area contributed by atoms with Crippen molar-refractivity contribution >= 4 is 223 Å². The smallest absolute Gasteiger partial charge is 0.244 e. The Morgan fingerprint density at radius 3 is 1.94 bits per heavy atom. The second-order valence-electron chi connectivity index (χ2n) is 28.8. The molecule has 3 fully saturated rings. The molecule has 5 aliphatic rings. The zero-order valence-corrected chi connectivity index (χ0v) is 74.6. The highest BCUT2D eigenvalue weighted by Gasteiger charge is 2.41. The second-order valence-corrected chi connectivity index (χ2v) is 34.6. The van der Waals surface area contributed by atoms with E-state index in [4.69, 9.17) is 90.5 Å². The summed E-state index contributed by atoms with van der Waals surface area (Å²) < 4.78 is 7.79. The molecule has 0 bridgehead atoms. The van der Waals surface area contributed by atoms with E-state index in [1.165, 1.54) is 70.7 Å². The Morgan fingerprint density at radius 1 is 0.653 bits per heavy atom. The van der Waals surface area contributed by atoms with Crippen molar-refractivity contribution in [2.75, 3.05) is 21.7 Å². The van der Waals surface area contributed by atoms with Gasteiger partial charge in [0.15, 0.2) is 31.2 Å². The Balaban J connectivity index is 0.000000156. The number of aromatic nitrogens is 4. The number of thiazole rings is 1. The molecule has 0 saturated heterocycles. The first-order valence-electron chi connectivity index (χ1n) is 39.1. The van der Waals surface area contributed by atoms with Gasteiger partial charge in [0.1, 0.15) is 12.3 Å². The fourth-order valence-electron chi connectivity index (χ4n) is 13.1. The Labute approximate surface area is 747 Å². The summed E-state index contributed by atoms with van der Waals surface area (Å²) >= 11 is 34.9. The van der Waals surface area contributed by atoms with E-state index in [2.05, 4.69) is 107 Å². The molecule has 16 N–H and O–H groups in total. The molecule has 1 atom stereocenters. The van der Waals surface area contributed by atoms with Gasteiger partial charge in [-0.3, -0.25) is 41.5 Å². The molecule has 5 heterocycles. The number of para-hydroxylation sites is 5. The van der Waals surface area contributed by atoms with Gasteiger partial charge in [0.05, 0.1) is 48.8 Å². The number of hydrogen-bond acceptors (Lipinski definition) is 20. The fourth-order valence-corrected chi connectivity index (χ4v) is 16.8. The molecule has 10 aromatic rings. The first-order chi connectivity index (χ1) is 58.4. The van der Waals surface area contributed by atoms with Crippen molar-refractivity contribution in [1.82, 2.24) is 51.4 Å². The zero-order valence-electron chi connectivity index (χ0n) is 67.3. The molecule has 1 unspecified atom stereocenters. The maximum absolute atomic E-state index is 12.8. The third kappa shape index (κ3) is 28.5. The molecule has 121 heavy (non-hydrogen) atoms. The number of thiocarbonyl (C=S) groups is 6. The van der Waals surface area contributed by atoms with E-state index in [-0.39, 0.29) is 67.2 Å². The number of amides is 2. The molecule has 4 aliphatic carbocycles. The van der Waals surface area contributed by atoms with Crippen LogP contribution in [-0.4, -0.2) is 101 Å². The maximum Gasteiger partial charge on any atom is 0.244 e. The summed E-state index contributed by atoms with van der Waals surface area (Å²) in [5, 5.41) is 60.4. The van der Waals surface area contributed by atoms with Gasteiger partial charge in [0.2, 0.25) is 33.4 Å². The van der Waals surface area contributed by atoms with Crippen LogP contribution < -0.4 is 70.4 Å². The van der Waals surface area contributed by atoms with Crippen molar-refractivity contribution in [2.45, 2.75) is 128 Å². The van der Waals surface area contributed by atoms with Crippen LogP contribution in [0.5, 0.6) is 5.88 Å². The number of thiophene rings is 1. The van der Waals surface area contributed by atoms with Gasteiger partial charge in [-0.25, -0.2) is 4.68 Å². The lowest BCUT2D eigenvalue weighted by molar-refractivity contribution is -0.121. The molecule has 1 aliphatic heterocycles. The molecule has 3 saturated carbocycles. The first-order valence-corrected chi connectivity index (χ1v) is 44.2. The number of fused-ring (bicyclic) bond motifs is 4. The minimum atomic E-state index is -0.450. The van der Waals surface area contributed by atoms with Gasteiger partial charge in [0, 0.05) is 82.3 Å². The number of nitrogens with zero attached hydrogens (tertiary/aromatic N) is 11.